The average Bonchev–Trinajstić information content (AvgIpc) is 2.58. The molecule has 1 aliphatic heterocycles. The first-order chi connectivity index (χ1) is 11.1. The first kappa shape index (κ1) is 18.4. The van der Waals surface area contributed by atoms with E-state index in [9.17, 15) is 4.79 Å². The molecule has 1 aromatic rings. The third kappa shape index (κ3) is 5.90. The quantitative estimate of drug-likeness (QED) is 0.761. The fourth-order valence-electron chi connectivity index (χ4n) is 3.01. The van der Waals surface area contributed by atoms with E-state index in [1.807, 2.05) is 12.1 Å². The number of nitrogens with two attached hydrogens (primary N) is 1. The number of amides is 1. The van der Waals surface area contributed by atoms with Crippen LogP contribution in [-0.2, 0) is 16.0 Å². The van der Waals surface area contributed by atoms with E-state index in [1.165, 1.54) is 5.56 Å². The Morgan fingerprint density at radius 3 is 2.83 bits per heavy atom. The summed E-state index contributed by atoms with van der Waals surface area (Å²) in [4.78, 5) is 12.3. The summed E-state index contributed by atoms with van der Waals surface area (Å²) in [5.74, 6) is 0.647. The summed E-state index contributed by atoms with van der Waals surface area (Å²) in [6.45, 7) is 4.27. The Morgan fingerprint density at radius 1 is 1.43 bits per heavy atom. The highest BCUT2D eigenvalue weighted by molar-refractivity contribution is 9.10. The van der Waals surface area contributed by atoms with Gasteiger partial charge in [-0.3, -0.25) is 4.79 Å². The molecule has 0 spiro atoms. The summed E-state index contributed by atoms with van der Waals surface area (Å²) in [5, 5.41) is 3.05. The smallest absolute Gasteiger partial charge is 0.237 e. The van der Waals surface area contributed by atoms with Gasteiger partial charge in [-0.15, -0.1) is 0 Å². The second-order valence-corrected chi connectivity index (χ2v) is 7.24. The molecule has 0 saturated carbocycles. The molecule has 1 heterocycles. The summed E-state index contributed by atoms with van der Waals surface area (Å²) in [5.41, 5.74) is 7.40. The van der Waals surface area contributed by atoms with Crippen molar-refractivity contribution in [3.05, 3.63) is 34.3 Å². The van der Waals surface area contributed by atoms with Gasteiger partial charge in [0.2, 0.25) is 5.91 Å². The minimum Gasteiger partial charge on any atom is -0.381 e. The second-order valence-electron chi connectivity index (χ2n) is 6.33. The van der Waals surface area contributed by atoms with Crippen LogP contribution in [0.4, 0.5) is 0 Å². The predicted molar refractivity (Wildman–Crippen MR) is 96.2 cm³/mol. The normalized spacial score (nSPS) is 18.4. The number of carbonyl (C=O) groups is 1. The van der Waals surface area contributed by atoms with E-state index in [0.717, 1.165) is 30.2 Å². The molecule has 1 fully saturated rings. The van der Waals surface area contributed by atoms with Crippen LogP contribution in [0.2, 0.25) is 0 Å². The van der Waals surface area contributed by atoms with Gasteiger partial charge in [-0.2, -0.15) is 0 Å². The van der Waals surface area contributed by atoms with Gasteiger partial charge in [0.25, 0.3) is 0 Å². The van der Waals surface area contributed by atoms with Crippen LogP contribution in [0.15, 0.2) is 28.7 Å². The topological polar surface area (TPSA) is 64.4 Å². The Morgan fingerprint density at radius 2 is 2.17 bits per heavy atom. The summed E-state index contributed by atoms with van der Waals surface area (Å²) in [6.07, 6.45) is 3.75. The van der Waals surface area contributed by atoms with E-state index in [1.54, 1.807) is 0 Å². The molecule has 2 unspecified atom stereocenters. The number of hydrogen-bond acceptors (Lipinski definition) is 3. The van der Waals surface area contributed by atoms with Crippen molar-refractivity contribution in [1.82, 2.24) is 5.32 Å². The van der Waals surface area contributed by atoms with Crippen molar-refractivity contribution in [1.29, 1.82) is 0 Å². The van der Waals surface area contributed by atoms with Crippen LogP contribution in [0.1, 0.15) is 31.7 Å². The number of benzene rings is 1. The van der Waals surface area contributed by atoms with Crippen LogP contribution in [0.25, 0.3) is 0 Å². The molecule has 3 N–H and O–H groups in total. The highest BCUT2D eigenvalue weighted by Crippen LogP contribution is 2.19. The standard InChI is InChI=1S/C18H27BrN2O2/c1-2-13(10-14-4-3-5-16(19)11-14)12-21-18(22)17(20)15-6-8-23-9-7-15/h3-5,11,13,15,17H,2,6-10,12,20H2,1H3,(H,21,22). The first-order valence-corrected chi connectivity index (χ1v) is 9.25. The highest BCUT2D eigenvalue weighted by Gasteiger charge is 2.26. The predicted octanol–water partition coefficient (Wildman–Crippen LogP) is 2.89. The van der Waals surface area contributed by atoms with E-state index < -0.39 is 6.04 Å². The molecule has 4 nitrogen and oxygen atoms in total. The molecule has 1 amide bonds. The maximum absolute atomic E-state index is 12.3. The van der Waals surface area contributed by atoms with Crippen LogP contribution in [-0.4, -0.2) is 31.7 Å². The van der Waals surface area contributed by atoms with Gasteiger partial charge in [-0.05, 0) is 48.8 Å². The SMILES string of the molecule is CCC(CNC(=O)C(N)C1CCOCC1)Cc1cccc(Br)c1. The summed E-state index contributed by atoms with van der Waals surface area (Å²) >= 11 is 3.50. The molecule has 1 saturated heterocycles. The highest BCUT2D eigenvalue weighted by atomic mass is 79.9. The molecular weight excluding hydrogens is 356 g/mol. The zero-order valence-corrected chi connectivity index (χ0v) is 15.3. The van der Waals surface area contributed by atoms with Gasteiger partial charge < -0.3 is 15.8 Å². The summed E-state index contributed by atoms with van der Waals surface area (Å²) in [7, 11) is 0. The van der Waals surface area contributed by atoms with Crippen molar-refractivity contribution in [2.24, 2.45) is 17.6 Å². The summed E-state index contributed by atoms with van der Waals surface area (Å²) in [6, 6.07) is 7.92. The van der Waals surface area contributed by atoms with Gasteiger partial charge in [0.1, 0.15) is 0 Å². The molecule has 5 heteroatoms. The molecule has 0 aliphatic carbocycles. The summed E-state index contributed by atoms with van der Waals surface area (Å²) < 4.78 is 6.42. The Labute approximate surface area is 147 Å². The Balaban J connectivity index is 1.81. The van der Waals surface area contributed by atoms with E-state index in [0.29, 0.717) is 25.7 Å². The third-order valence-corrected chi connectivity index (χ3v) is 5.13. The van der Waals surface area contributed by atoms with E-state index in [2.05, 4.69) is 40.3 Å². The lowest BCUT2D eigenvalue weighted by atomic mass is 9.91. The van der Waals surface area contributed by atoms with Crippen LogP contribution >= 0.6 is 15.9 Å². The number of hydrogen-bond donors (Lipinski definition) is 2. The van der Waals surface area contributed by atoms with Gasteiger partial charge in [0.15, 0.2) is 0 Å². The van der Waals surface area contributed by atoms with Crippen molar-refractivity contribution < 1.29 is 9.53 Å². The van der Waals surface area contributed by atoms with Gasteiger partial charge in [-0.25, -0.2) is 0 Å². The van der Waals surface area contributed by atoms with Crippen LogP contribution in [0.3, 0.4) is 0 Å². The molecular formula is C18H27BrN2O2. The van der Waals surface area contributed by atoms with Crippen LogP contribution < -0.4 is 11.1 Å². The lowest BCUT2D eigenvalue weighted by Crippen LogP contribution is -2.48. The minimum atomic E-state index is -0.415. The van der Waals surface area contributed by atoms with Crippen molar-refractivity contribution >= 4 is 21.8 Å². The number of nitrogens with one attached hydrogen (secondary N) is 1. The maximum Gasteiger partial charge on any atom is 0.237 e. The van der Waals surface area contributed by atoms with Crippen molar-refractivity contribution in [3.63, 3.8) is 0 Å². The molecule has 1 aliphatic rings. The van der Waals surface area contributed by atoms with Gasteiger partial charge in [-0.1, -0.05) is 41.4 Å². The number of halogens is 1. The molecule has 2 atom stereocenters. The third-order valence-electron chi connectivity index (χ3n) is 4.63. The minimum absolute atomic E-state index is 0.0235. The first-order valence-electron chi connectivity index (χ1n) is 8.45. The maximum atomic E-state index is 12.3. The van der Waals surface area contributed by atoms with Crippen molar-refractivity contribution in [3.8, 4) is 0 Å². The zero-order chi connectivity index (χ0) is 16.7. The van der Waals surface area contributed by atoms with Crippen molar-refractivity contribution in [2.45, 2.75) is 38.6 Å². The molecule has 2 rings (SSSR count). The lowest BCUT2D eigenvalue weighted by molar-refractivity contribution is -0.124. The molecule has 23 heavy (non-hydrogen) atoms. The zero-order valence-electron chi connectivity index (χ0n) is 13.8. The fourth-order valence-corrected chi connectivity index (χ4v) is 3.46. The monoisotopic (exact) mass is 382 g/mol. The van der Waals surface area contributed by atoms with E-state index in [4.69, 9.17) is 10.5 Å². The van der Waals surface area contributed by atoms with Gasteiger partial charge in [0, 0.05) is 24.2 Å². The van der Waals surface area contributed by atoms with Crippen LogP contribution in [0.5, 0.6) is 0 Å². The Bertz CT molecular complexity index is 504. The number of ether oxygens (including phenoxy) is 1. The largest absolute Gasteiger partial charge is 0.381 e. The lowest BCUT2D eigenvalue weighted by Gasteiger charge is -2.27. The van der Waals surface area contributed by atoms with Crippen molar-refractivity contribution in [2.75, 3.05) is 19.8 Å². The Hall–Kier alpha value is -0.910. The second kappa shape index (κ2) is 9.40. The van der Waals surface area contributed by atoms with Gasteiger partial charge >= 0.3 is 0 Å². The van der Waals surface area contributed by atoms with E-state index >= 15 is 0 Å². The fraction of sp³-hybridized carbons (Fsp3) is 0.611. The molecule has 1 aromatic carbocycles. The average molecular weight is 383 g/mol. The van der Waals surface area contributed by atoms with Gasteiger partial charge in [0.05, 0.1) is 6.04 Å². The Kier molecular flexibility index (Phi) is 7.53. The van der Waals surface area contributed by atoms with E-state index in [-0.39, 0.29) is 11.8 Å². The van der Waals surface area contributed by atoms with Crippen LogP contribution in [0, 0.1) is 11.8 Å². The number of rotatable bonds is 7. The molecule has 128 valence electrons. The molecule has 0 bridgehead atoms. The molecule has 0 radical (unpaired) electrons. The molecule has 0 aromatic heterocycles. The number of carbonyl (C=O) groups excluding carboxylic acids is 1.